The first-order valence-corrected chi connectivity index (χ1v) is 4.73. The number of phenolic OH excluding ortho intramolecular Hbond substituents is 1. The van der Waals surface area contributed by atoms with Crippen LogP contribution in [-0.4, -0.2) is 22.5 Å². The lowest BCUT2D eigenvalue weighted by molar-refractivity contribution is 0.0696. The zero-order valence-corrected chi connectivity index (χ0v) is 8.58. The Morgan fingerprint density at radius 2 is 2.00 bits per heavy atom. The molecular weight excluding hydrogens is 224 g/mol. The Kier molecular flexibility index (Phi) is 2.66. The lowest BCUT2D eigenvalue weighted by Crippen LogP contribution is -1.95. The summed E-state index contributed by atoms with van der Waals surface area (Å²) in [5.74, 6) is -0.858. The summed E-state index contributed by atoms with van der Waals surface area (Å²) in [5.41, 5.74) is 0.264. The predicted molar refractivity (Wildman–Crippen MR) is 58.2 cm³/mol. The molecule has 0 unspecified atom stereocenters. The molecule has 17 heavy (non-hydrogen) atoms. The van der Waals surface area contributed by atoms with Crippen LogP contribution in [0.3, 0.4) is 0 Å². The summed E-state index contributed by atoms with van der Waals surface area (Å²) < 4.78 is 5.11. The van der Waals surface area contributed by atoms with E-state index in [0.717, 1.165) is 0 Å². The van der Waals surface area contributed by atoms with Crippen LogP contribution in [0.1, 0.15) is 20.9 Å². The fourth-order valence-electron chi connectivity index (χ4n) is 1.43. The molecule has 5 nitrogen and oxygen atoms in total. The number of benzene rings is 1. The Balaban J connectivity index is 2.53. The van der Waals surface area contributed by atoms with Gasteiger partial charge >= 0.3 is 5.97 Å². The van der Waals surface area contributed by atoms with Gasteiger partial charge < -0.3 is 14.6 Å². The molecule has 2 N–H and O–H groups in total. The van der Waals surface area contributed by atoms with Gasteiger partial charge in [-0.2, -0.15) is 0 Å². The van der Waals surface area contributed by atoms with Crippen molar-refractivity contribution in [2.45, 2.75) is 0 Å². The van der Waals surface area contributed by atoms with Crippen LogP contribution in [-0.2, 0) is 0 Å². The highest BCUT2D eigenvalue weighted by molar-refractivity contribution is 5.90. The van der Waals surface area contributed by atoms with Crippen molar-refractivity contribution in [3.05, 3.63) is 41.7 Å². The molecule has 86 valence electrons. The number of aromatic carboxylic acids is 1. The number of hydrogen-bond donors (Lipinski definition) is 2. The van der Waals surface area contributed by atoms with E-state index >= 15 is 0 Å². The van der Waals surface area contributed by atoms with E-state index in [1.54, 1.807) is 0 Å². The molecule has 0 spiro atoms. The van der Waals surface area contributed by atoms with Crippen molar-refractivity contribution in [3.63, 3.8) is 0 Å². The maximum atomic E-state index is 10.8. The van der Waals surface area contributed by atoms with E-state index in [9.17, 15) is 14.7 Å². The monoisotopic (exact) mass is 232 g/mol. The first-order chi connectivity index (χ1) is 8.11. The number of carbonyl (C=O) groups excluding carboxylic acids is 1. The number of carbonyl (C=O) groups is 2. The number of carboxylic acid groups (broad SMARTS) is 1. The van der Waals surface area contributed by atoms with E-state index in [2.05, 4.69) is 0 Å². The van der Waals surface area contributed by atoms with Gasteiger partial charge in [0.15, 0.2) is 12.0 Å². The molecule has 0 bridgehead atoms. The molecule has 5 heteroatoms. The second kappa shape index (κ2) is 4.13. The van der Waals surface area contributed by atoms with Crippen LogP contribution in [0.5, 0.6) is 5.75 Å². The summed E-state index contributed by atoms with van der Waals surface area (Å²) in [4.78, 5) is 21.2. The Hall–Kier alpha value is -2.56. The van der Waals surface area contributed by atoms with Gasteiger partial charge in [-0.3, -0.25) is 4.79 Å². The van der Waals surface area contributed by atoms with Crippen molar-refractivity contribution in [2.75, 3.05) is 0 Å². The standard InChI is InChI=1S/C12H8O5/c13-6-8-2-4-11(17-8)9-5-7(12(15)16)1-3-10(9)14/h1-6,14H,(H,15,16). The Bertz CT molecular complexity index is 582. The number of hydrogen-bond acceptors (Lipinski definition) is 4. The minimum atomic E-state index is -1.10. The third kappa shape index (κ3) is 2.03. The maximum Gasteiger partial charge on any atom is 0.335 e. The first-order valence-electron chi connectivity index (χ1n) is 4.73. The number of aldehydes is 1. The molecule has 2 aromatic rings. The fraction of sp³-hybridized carbons (Fsp3) is 0. The van der Waals surface area contributed by atoms with Gasteiger partial charge in [0.2, 0.25) is 0 Å². The average Bonchev–Trinajstić information content (AvgIpc) is 2.77. The van der Waals surface area contributed by atoms with Crippen LogP contribution in [0, 0.1) is 0 Å². The molecule has 0 aliphatic carbocycles. The van der Waals surface area contributed by atoms with Crippen molar-refractivity contribution >= 4 is 12.3 Å². The molecule has 0 amide bonds. The average molecular weight is 232 g/mol. The summed E-state index contributed by atoms with van der Waals surface area (Å²) in [5, 5.41) is 18.4. The van der Waals surface area contributed by atoms with Crippen molar-refractivity contribution in [2.24, 2.45) is 0 Å². The third-order valence-electron chi connectivity index (χ3n) is 2.25. The highest BCUT2D eigenvalue weighted by Gasteiger charge is 2.12. The summed E-state index contributed by atoms with van der Waals surface area (Å²) in [7, 11) is 0. The van der Waals surface area contributed by atoms with E-state index in [4.69, 9.17) is 9.52 Å². The second-order valence-corrected chi connectivity index (χ2v) is 3.36. The molecule has 0 saturated heterocycles. The van der Waals surface area contributed by atoms with Crippen LogP contribution in [0.15, 0.2) is 34.7 Å². The van der Waals surface area contributed by atoms with Crippen LogP contribution >= 0.6 is 0 Å². The predicted octanol–water partition coefficient (Wildman–Crippen LogP) is 2.16. The summed E-state index contributed by atoms with van der Waals surface area (Å²) in [6.07, 6.45) is 0.529. The zero-order chi connectivity index (χ0) is 12.4. The molecule has 0 aliphatic heterocycles. The summed E-state index contributed by atoms with van der Waals surface area (Å²) in [6, 6.07) is 6.76. The van der Waals surface area contributed by atoms with E-state index < -0.39 is 5.97 Å². The quantitative estimate of drug-likeness (QED) is 0.791. The highest BCUT2D eigenvalue weighted by atomic mass is 16.4. The van der Waals surface area contributed by atoms with Crippen LogP contribution in [0.25, 0.3) is 11.3 Å². The largest absolute Gasteiger partial charge is 0.507 e. The van der Waals surface area contributed by atoms with Crippen LogP contribution < -0.4 is 0 Å². The minimum absolute atomic E-state index is 0.0295. The van der Waals surface area contributed by atoms with Crippen molar-refractivity contribution in [3.8, 4) is 17.1 Å². The second-order valence-electron chi connectivity index (χ2n) is 3.36. The van der Waals surface area contributed by atoms with Gasteiger partial charge in [0.1, 0.15) is 11.5 Å². The lowest BCUT2D eigenvalue weighted by atomic mass is 10.1. The highest BCUT2D eigenvalue weighted by Crippen LogP contribution is 2.31. The molecule has 0 saturated carbocycles. The molecule has 1 heterocycles. The molecule has 1 aromatic heterocycles. The van der Waals surface area contributed by atoms with Gasteiger partial charge in [-0.05, 0) is 30.3 Å². The normalized spacial score (nSPS) is 10.1. The van der Waals surface area contributed by atoms with Crippen molar-refractivity contribution in [1.82, 2.24) is 0 Å². The van der Waals surface area contributed by atoms with Crippen molar-refractivity contribution in [1.29, 1.82) is 0 Å². The van der Waals surface area contributed by atoms with Gasteiger partial charge in [0, 0.05) is 0 Å². The zero-order valence-electron chi connectivity index (χ0n) is 8.58. The minimum Gasteiger partial charge on any atom is -0.507 e. The Morgan fingerprint density at radius 3 is 2.59 bits per heavy atom. The topological polar surface area (TPSA) is 87.7 Å². The van der Waals surface area contributed by atoms with Crippen LogP contribution in [0.2, 0.25) is 0 Å². The summed E-state index contributed by atoms with van der Waals surface area (Å²) >= 11 is 0. The summed E-state index contributed by atoms with van der Waals surface area (Å²) in [6.45, 7) is 0. The number of phenols is 1. The third-order valence-corrected chi connectivity index (χ3v) is 2.25. The van der Waals surface area contributed by atoms with E-state index in [1.807, 2.05) is 0 Å². The van der Waals surface area contributed by atoms with E-state index in [-0.39, 0.29) is 28.4 Å². The number of rotatable bonds is 3. The number of carboxylic acids is 1. The SMILES string of the molecule is O=Cc1ccc(-c2cc(C(=O)O)ccc2O)o1. The van der Waals surface area contributed by atoms with E-state index in [0.29, 0.717) is 6.29 Å². The Morgan fingerprint density at radius 1 is 1.24 bits per heavy atom. The molecule has 0 radical (unpaired) electrons. The fourth-order valence-corrected chi connectivity index (χ4v) is 1.43. The van der Waals surface area contributed by atoms with E-state index in [1.165, 1.54) is 30.3 Å². The molecule has 1 aromatic carbocycles. The van der Waals surface area contributed by atoms with Gasteiger partial charge in [-0.25, -0.2) is 4.79 Å². The molecular formula is C12H8O5. The van der Waals surface area contributed by atoms with Gasteiger partial charge in [0.05, 0.1) is 11.1 Å². The lowest BCUT2D eigenvalue weighted by Gasteiger charge is -2.02. The first kappa shape index (κ1) is 10.9. The van der Waals surface area contributed by atoms with Crippen molar-refractivity contribution < 1.29 is 24.2 Å². The van der Waals surface area contributed by atoms with Gasteiger partial charge in [-0.15, -0.1) is 0 Å². The molecule has 2 rings (SSSR count). The van der Waals surface area contributed by atoms with Crippen LogP contribution in [0.4, 0.5) is 0 Å². The smallest absolute Gasteiger partial charge is 0.335 e. The molecule has 0 atom stereocenters. The maximum absolute atomic E-state index is 10.8. The Labute approximate surface area is 95.9 Å². The van der Waals surface area contributed by atoms with Gasteiger partial charge in [-0.1, -0.05) is 0 Å². The number of furan rings is 1. The number of aromatic hydroxyl groups is 1. The van der Waals surface area contributed by atoms with Gasteiger partial charge in [0.25, 0.3) is 0 Å². The molecule has 0 fully saturated rings. The molecule has 0 aliphatic rings.